The summed E-state index contributed by atoms with van der Waals surface area (Å²) in [4.78, 5) is 11.2. The zero-order valence-electron chi connectivity index (χ0n) is 18.0. The van der Waals surface area contributed by atoms with Gasteiger partial charge in [-0.1, -0.05) is 38.1 Å². The molecule has 7 atom stereocenters. The van der Waals surface area contributed by atoms with Crippen LogP contribution in [0, 0.1) is 0 Å². The van der Waals surface area contributed by atoms with E-state index in [0.29, 0.717) is 5.75 Å². The van der Waals surface area contributed by atoms with Crippen LogP contribution in [0.1, 0.15) is 49.7 Å². The third-order valence-electron chi connectivity index (χ3n) is 6.06. The highest BCUT2D eigenvalue weighted by molar-refractivity contribution is 5.73. The summed E-state index contributed by atoms with van der Waals surface area (Å²) in [5, 5.41) is 48.6. The van der Waals surface area contributed by atoms with Crippen LogP contribution in [-0.2, 0) is 9.53 Å². The zero-order valence-corrected chi connectivity index (χ0v) is 18.0. The van der Waals surface area contributed by atoms with Gasteiger partial charge in [0.25, 0.3) is 0 Å². The van der Waals surface area contributed by atoms with Gasteiger partial charge in [0.15, 0.2) is 6.10 Å². The Labute approximate surface area is 186 Å². The fourth-order valence-corrected chi connectivity index (χ4v) is 4.30. The van der Waals surface area contributed by atoms with E-state index in [4.69, 9.17) is 14.6 Å². The molecule has 3 rings (SSSR count). The van der Waals surface area contributed by atoms with E-state index in [1.165, 1.54) is 0 Å². The minimum atomic E-state index is -1.76. The summed E-state index contributed by atoms with van der Waals surface area (Å²) < 4.78 is 10.8. The number of carboxylic acids is 1. The van der Waals surface area contributed by atoms with Crippen molar-refractivity contribution in [2.24, 2.45) is 0 Å². The van der Waals surface area contributed by atoms with Crippen molar-refractivity contribution >= 4 is 5.97 Å². The number of phenols is 1. The maximum atomic E-state index is 11.2. The number of rotatable bonds is 8. The van der Waals surface area contributed by atoms with E-state index in [1.807, 2.05) is 24.3 Å². The molecule has 1 saturated heterocycles. The smallest absolute Gasteiger partial charge is 0.335 e. The van der Waals surface area contributed by atoms with Crippen LogP contribution < -0.4 is 4.74 Å². The molecule has 174 valence electrons. The number of aliphatic carboxylic acids is 1. The highest BCUT2D eigenvalue weighted by Gasteiger charge is 2.48. The number of hydrogen-bond donors (Lipinski definition) is 5. The standard InChI is InChI=1S/C24H30O8/c1-3-17(13-5-9-15(25)10-6-13)18(4-2)14-7-11-16(12-8-14)31-24-21(28)19(26)20(27)22(32-24)23(29)30/h5-12,17-22,24-28H,3-4H2,1-2H3,(H,29,30). The van der Waals surface area contributed by atoms with Crippen LogP contribution in [0.5, 0.6) is 11.5 Å². The van der Waals surface area contributed by atoms with Gasteiger partial charge < -0.3 is 35.0 Å². The zero-order chi connectivity index (χ0) is 23.4. The molecule has 0 amide bonds. The lowest BCUT2D eigenvalue weighted by molar-refractivity contribution is -0.271. The topological polar surface area (TPSA) is 137 Å². The number of aliphatic hydroxyl groups excluding tert-OH is 3. The summed E-state index contributed by atoms with van der Waals surface area (Å²) >= 11 is 0. The monoisotopic (exact) mass is 446 g/mol. The Balaban J connectivity index is 1.75. The van der Waals surface area contributed by atoms with Gasteiger partial charge >= 0.3 is 5.97 Å². The third kappa shape index (κ3) is 5.05. The molecule has 7 unspecified atom stereocenters. The average molecular weight is 446 g/mol. The van der Waals surface area contributed by atoms with Crippen molar-refractivity contribution in [3.63, 3.8) is 0 Å². The fraction of sp³-hybridized carbons (Fsp3) is 0.458. The maximum Gasteiger partial charge on any atom is 0.335 e. The number of carboxylic acid groups (broad SMARTS) is 1. The normalized spacial score (nSPS) is 27.5. The van der Waals surface area contributed by atoms with Crippen LogP contribution in [0.15, 0.2) is 48.5 Å². The Kier molecular flexibility index (Phi) is 7.73. The van der Waals surface area contributed by atoms with E-state index >= 15 is 0 Å². The molecule has 0 aromatic heterocycles. The van der Waals surface area contributed by atoms with Gasteiger partial charge in [0, 0.05) is 0 Å². The van der Waals surface area contributed by atoms with E-state index in [0.717, 1.165) is 24.0 Å². The summed E-state index contributed by atoms with van der Waals surface area (Å²) in [6, 6.07) is 14.5. The molecule has 1 aliphatic heterocycles. The second kappa shape index (κ2) is 10.3. The number of benzene rings is 2. The van der Waals surface area contributed by atoms with Crippen LogP contribution in [0.4, 0.5) is 0 Å². The average Bonchev–Trinajstić information content (AvgIpc) is 2.79. The van der Waals surface area contributed by atoms with E-state index < -0.39 is 36.7 Å². The Morgan fingerprint density at radius 2 is 1.38 bits per heavy atom. The predicted octanol–water partition coefficient (Wildman–Crippen LogP) is 2.35. The molecule has 32 heavy (non-hydrogen) atoms. The summed E-state index contributed by atoms with van der Waals surface area (Å²) in [6.07, 6.45) is -6.42. The maximum absolute atomic E-state index is 11.2. The van der Waals surface area contributed by atoms with Gasteiger partial charge in [0.1, 0.15) is 29.8 Å². The van der Waals surface area contributed by atoms with Crippen LogP contribution in [0.2, 0.25) is 0 Å². The molecule has 0 spiro atoms. The quantitative estimate of drug-likeness (QED) is 0.417. The lowest BCUT2D eigenvalue weighted by Gasteiger charge is -2.38. The highest BCUT2D eigenvalue weighted by Crippen LogP contribution is 2.39. The first-order valence-electron chi connectivity index (χ1n) is 10.7. The van der Waals surface area contributed by atoms with Crippen molar-refractivity contribution in [2.75, 3.05) is 0 Å². The molecule has 8 heteroatoms. The van der Waals surface area contributed by atoms with E-state index in [1.54, 1.807) is 24.3 Å². The first-order chi connectivity index (χ1) is 15.3. The molecule has 5 N–H and O–H groups in total. The Morgan fingerprint density at radius 3 is 1.84 bits per heavy atom. The Bertz CT molecular complexity index is 882. The lowest BCUT2D eigenvalue weighted by atomic mass is 9.78. The minimum absolute atomic E-state index is 0.225. The predicted molar refractivity (Wildman–Crippen MR) is 116 cm³/mol. The summed E-state index contributed by atoms with van der Waals surface area (Å²) in [5.74, 6) is -0.420. The van der Waals surface area contributed by atoms with Crippen LogP contribution in [-0.4, -0.2) is 62.2 Å². The van der Waals surface area contributed by atoms with Gasteiger partial charge in [0.2, 0.25) is 6.29 Å². The van der Waals surface area contributed by atoms with Crippen molar-refractivity contribution < 1.29 is 39.8 Å². The molecule has 0 bridgehead atoms. The molecular weight excluding hydrogens is 416 g/mol. The van der Waals surface area contributed by atoms with Crippen molar-refractivity contribution in [1.29, 1.82) is 0 Å². The van der Waals surface area contributed by atoms with Crippen LogP contribution in [0.25, 0.3) is 0 Å². The molecule has 2 aromatic carbocycles. The second-order valence-corrected chi connectivity index (χ2v) is 8.04. The minimum Gasteiger partial charge on any atom is -0.508 e. The van der Waals surface area contributed by atoms with E-state index in [9.17, 15) is 25.2 Å². The summed E-state index contributed by atoms with van der Waals surface area (Å²) in [6.45, 7) is 4.24. The number of aliphatic hydroxyl groups is 3. The van der Waals surface area contributed by atoms with Gasteiger partial charge in [-0.05, 0) is 60.1 Å². The SMILES string of the molecule is CCC(c1ccc(O)cc1)C(CC)c1ccc(OC2OC(C(=O)O)C(O)C(O)C2O)cc1. The number of carbonyl (C=O) groups is 1. The fourth-order valence-electron chi connectivity index (χ4n) is 4.30. The van der Waals surface area contributed by atoms with Crippen LogP contribution >= 0.6 is 0 Å². The lowest BCUT2D eigenvalue weighted by Crippen LogP contribution is -2.61. The molecule has 1 aliphatic rings. The van der Waals surface area contributed by atoms with Crippen molar-refractivity contribution in [3.8, 4) is 11.5 Å². The molecule has 1 fully saturated rings. The first kappa shape index (κ1) is 24.0. The van der Waals surface area contributed by atoms with Crippen molar-refractivity contribution in [1.82, 2.24) is 0 Å². The Morgan fingerprint density at radius 1 is 0.875 bits per heavy atom. The molecule has 0 saturated carbocycles. The molecule has 1 heterocycles. The number of aromatic hydroxyl groups is 1. The number of phenolic OH excluding ortho intramolecular Hbond substituents is 1. The molecule has 2 aromatic rings. The molecular formula is C24H30O8. The van der Waals surface area contributed by atoms with Gasteiger partial charge in [0.05, 0.1) is 0 Å². The summed E-state index contributed by atoms with van der Waals surface area (Å²) in [5.41, 5.74) is 2.23. The number of ether oxygens (including phenoxy) is 2. The van der Waals surface area contributed by atoms with Gasteiger partial charge in [-0.15, -0.1) is 0 Å². The molecule has 0 radical (unpaired) electrons. The third-order valence-corrected chi connectivity index (χ3v) is 6.06. The van der Waals surface area contributed by atoms with Gasteiger partial charge in [-0.3, -0.25) is 0 Å². The molecule has 8 nitrogen and oxygen atoms in total. The van der Waals surface area contributed by atoms with E-state index in [2.05, 4.69) is 13.8 Å². The van der Waals surface area contributed by atoms with Crippen molar-refractivity contribution in [2.45, 2.75) is 69.2 Å². The largest absolute Gasteiger partial charge is 0.508 e. The van der Waals surface area contributed by atoms with Crippen LogP contribution in [0.3, 0.4) is 0 Å². The van der Waals surface area contributed by atoms with E-state index in [-0.39, 0.29) is 17.6 Å². The van der Waals surface area contributed by atoms with Gasteiger partial charge in [-0.2, -0.15) is 0 Å². The second-order valence-electron chi connectivity index (χ2n) is 8.04. The molecule has 0 aliphatic carbocycles. The number of hydrogen-bond acceptors (Lipinski definition) is 7. The summed E-state index contributed by atoms with van der Waals surface area (Å²) in [7, 11) is 0. The Hall–Kier alpha value is -2.65. The van der Waals surface area contributed by atoms with Gasteiger partial charge in [-0.25, -0.2) is 4.79 Å². The van der Waals surface area contributed by atoms with Crippen molar-refractivity contribution in [3.05, 3.63) is 59.7 Å². The first-order valence-corrected chi connectivity index (χ1v) is 10.7. The highest BCUT2D eigenvalue weighted by atomic mass is 16.7.